The minimum absolute atomic E-state index is 0.143. The average molecular weight is 308 g/mol. The number of carbonyl (C=O) groups excluding carboxylic acids is 1. The number of aromatic nitrogens is 1. The highest BCUT2D eigenvalue weighted by molar-refractivity contribution is 5.96. The third kappa shape index (κ3) is 5.09. The van der Waals surface area contributed by atoms with Crippen molar-refractivity contribution < 1.29 is 24.2 Å². The molecule has 2 rings (SSSR count). The summed E-state index contributed by atoms with van der Waals surface area (Å²) in [6, 6.07) is 2.75. The van der Waals surface area contributed by atoms with E-state index in [0.29, 0.717) is 19.6 Å². The van der Waals surface area contributed by atoms with Crippen LogP contribution in [-0.4, -0.2) is 54.4 Å². The molecule has 0 saturated carbocycles. The number of hydrogen-bond acceptors (Lipinski definition) is 5. The van der Waals surface area contributed by atoms with Crippen LogP contribution in [0.2, 0.25) is 0 Å². The van der Waals surface area contributed by atoms with Gasteiger partial charge in [-0.25, -0.2) is 9.78 Å². The highest BCUT2D eigenvalue weighted by Crippen LogP contribution is 2.10. The number of carboxylic acid groups (broad SMARTS) is 1. The lowest BCUT2D eigenvalue weighted by Crippen LogP contribution is -2.27. The van der Waals surface area contributed by atoms with Gasteiger partial charge in [0.15, 0.2) is 0 Å². The van der Waals surface area contributed by atoms with E-state index in [1.807, 2.05) is 0 Å². The van der Waals surface area contributed by atoms with Gasteiger partial charge in [-0.2, -0.15) is 0 Å². The summed E-state index contributed by atoms with van der Waals surface area (Å²) in [5.74, 6) is -1.46. The molecule has 1 aliphatic rings. The second kappa shape index (κ2) is 8.45. The van der Waals surface area contributed by atoms with Crippen molar-refractivity contribution in [3.63, 3.8) is 0 Å². The molecule has 1 saturated heterocycles. The van der Waals surface area contributed by atoms with Crippen molar-refractivity contribution in [2.75, 3.05) is 26.4 Å². The first-order chi connectivity index (χ1) is 10.7. The Hall–Kier alpha value is -1.99. The number of carbonyl (C=O) groups is 2. The molecule has 120 valence electrons. The van der Waals surface area contributed by atoms with Crippen LogP contribution in [0.1, 0.15) is 40.1 Å². The smallest absolute Gasteiger partial charge is 0.354 e. The number of rotatable bonds is 7. The summed E-state index contributed by atoms with van der Waals surface area (Å²) in [4.78, 5) is 26.4. The predicted octanol–water partition coefficient (Wildman–Crippen LogP) is 1.10. The Morgan fingerprint density at radius 3 is 2.91 bits per heavy atom. The van der Waals surface area contributed by atoms with Gasteiger partial charge in [0.25, 0.3) is 5.91 Å². The van der Waals surface area contributed by atoms with Gasteiger partial charge in [0.1, 0.15) is 5.69 Å². The van der Waals surface area contributed by atoms with E-state index in [0.717, 1.165) is 26.1 Å². The van der Waals surface area contributed by atoms with Crippen molar-refractivity contribution in [1.29, 1.82) is 0 Å². The van der Waals surface area contributed by atoms with Gasteiger partial charge in [-0.1, -0.05) is 0 Å². The van der Waals surface area contributed by atoms with Crippen LogP contribution in [0.25, 0.3) is 0 Å². The Labute approximate surface area is 128 Å². The minimum Gasteiger partial charge on any atom is -0.477 e. The van der Waals surface area contributed by atoms with Gasteiger partial charge >= 0.3 is 5.97 Å². The highest BCUT2D eigenvalue weighted by atomic mass is 16.5. The van der Waals surface area contributed by atoms with Gasteiger partial charge in [-0.15, -0.1) is 0 Å². The van der Waals surface area contributed by atoms with Crippen molar-refractivity contribution in [3.8, 4) is 0 Å². The van der Waals surface area contributed by atoms with Crippen molar-refractivity contribution in [2.45, 2.75) is 25.4 Å². The van der Waals surface area contributed by atoms with E-state index in [1.165, 1.54) is 18.3 Å². The minimum atomic E-state index is -1.15. The SMILES string of the molecule is O=C(NCCCOC1CCOCC1)c1ccnc(C(=O)O)c1. The highest BCUT2D eigenvalue weighted by Gasteiger charge is 2.14. The fraction of sp³-hybridized carbons (Fsp3) is 0.533. The molecule has 7 nitrogen and oxygen atoms in total. The van der Waals surface area contributed by atoms with Crippen LogP contribution < -0.4 is 5.32 Å². The van der Waals surface area contributed by atoms with Crippen LogP contribution in [0.15, 0.2) is 18.3 Å². The molecular formula is C15H20N2O5. The maximum Gasteiger partial charge on any atom is 0.354 e. The van der Waals surface area contributed by atoms with Gasteiger partial charge < -0.3 is 19.9 Å². The first-order valence-electron chi connectivity index (χ1n) is 7.33. The molecule has 1 aromatic heterocycles. The quantitative estimate of drug-likeness (QED) is 0.732. The molecule has 1 aliphatic heterocycles. The van der Waals surface area contributed by atoms with E-state index < -0.39 is 5.97 Å². The maximum absolute atomic E-state index is 11.9. The van der Waals surface area contributed by atoms with E-state index >= 15 is 0 Å². The number of aromatic carboxylic acids is 1. The zero-order valence-corrected chi connectivity index (χ0v) is 12.3. The second-order valence-electron chi connectivity index (χ2n) is 5.03. The monoisotopic (exact) mass is 308 g/mol. The van der Waals surface area contributed by atoms with Crippen LogP contribution >= 0.6 is 0 Å². The third-order valence-corrected chi connectivity index (χ3v) is 3.37. The summed E-state index contributed by atoms with van der Waals surface area (Å²) < 4.78 is 11.0. The van der Waals surface area contributed by atoms with E-state index in [1.54, 1.807) is 0 Å². The van der Waals surface area contributed by atoms with Gasteiger partial charge in [0.05, 0.1) is 6.10 Å². The number of hydrogen-bond donors (Lipinski definition) is 2. The first kappa shape index (κ1) is 16.4. The number of nitrogens with one attached hydrogen (secondary N) is 1. The molecule has 1 aromatic rings. The van der Waals surface area contributed by atoms with E-state index in [9.17, 15) is 9.59 Å². The summed E-state index contributed by atoms with van der Waals surface area (Å²) in [5, 5.41) is 11.6. The van der Waals surface area contributed by atoms with Crippen LogP contribution in [0.5, 0.6) is 0 Å². The average Bonchev–Trinajstić information content (AvgIpc) is 2.55. The van der Waals surface area contributed by atoms with Crippen LogP contribution in [0, 0.1) is 0 Å². The molecule has 0 bridgehead atoms. The molecule has 0 radical (unpaired) electrons. The fourth-order valence-corrected chi connectivity index (χ4v) is 2.16. The van der Waals surface area contributed by atoms with Crippen molar-refractivity contribution >= 4 is 11.9 Å². The summed E-state index contributed by atoms with van der Waals surface area (Å²) >= 11 is 0. The fourth-order valence-electron chi connectivity index (χ4n) is 2.16. The number of pyridine rings is 1. The summed E-state index contributed by atoms with van der Waals surface area (Å²) in [6.07, 6.45) is 4.11. The largest absolute Gasteiger partial charge is 0.477 e. The molecule has 0 spiro atoms. The Balaban J connectivity index is 1.67. The van der Waals surface area contributed by atoms with Crippen LogP contribution in [0.4, 0.5) is 0 Å². The van der Waals surface area contributed by atoms with E-state index in [4.69, 9.17) is 14.6 Å². The molecule has 0 atom stereocenters. The molecule has 0 aliphatic carbocycles. The maximum atomic E-state index is 11.9. The topological polar surface area (TPSA) is 97.8 Å². The molecule has 0 unspecified atom stereocenters. The Bertz CT molecular complexity index is 514. The van der Waals surface area contributed by atoms with Crippen LogP contribution in [-0.2, 0) is 9.47 Å². The number of carboxylic acids is 1. The molecular weight excluding hydrogens is 288 g/mol. The van der Waals surface area contributed by atoms with Crippen LogP contribution in [0.3, 0.4) is 0 Å². The number of ether oxygens (including phenoxy) is 2. The normalized spacial score (nSPS) is 15.5. The molecule has 22 heavy (non-hydrogen) atoms. The van der Waals surface area contributed by atoms with Gasteiger partial charge in [0, 0.05) is 38.1 Å². The van der Waals surface area contributed by atoms with Crippen molar-refractivity contribution in [2.24, 2.45) is 0 Å². The molecule has 2 heterocycles. The van der Waals surface area contributed by atoms with E-state index in [-0.39, 0.29) is 23.3 Å². The molecule has 1 fully saturated rings. The van der Waals surface area contributed by atoms with Gasteiger partial charge in [-0.05, 0) is 31.4 Å². The van der Waals surface area contributed by atoms with Crippen molar-refractivity contribution in [3.05, 3.63) is 29.6 Å². The van der Waals surface area contributed by atoms with Gasteiger partial charge in [0.2, 0.25) is 0 Å². The lowest BCUT2D eigenvalue weighted by Gasteiger charge is -2.22. The van der Waals surface area contributed by atoms with Crippen molar-refractivity contribution in [1.82, 2.24) is 10.3 Å². The summed E-state index contributed by atoms with van der Waals surface area (Å²) in [7, 11) is 0. The standard InChI is InChI=1S/C15H20N2O5/c18-14(11-2-6-16-13(10-11)15(19)20)17-5-1-7-22-12-3-8-21-9-4-12/h2,6,10,12H,1,3-5,7-9H2,(H,17,18)(H,19,20). The molecule has 7 heteroatoms. The molecule has 1 amide bonds. The summed E-state index contributed by atoms with van der Waals surface area (Å²) in [5.41, 5.74) is 0.147. The third-order valence-electron chi connectivity index (χ3n) is 3.37. The summed E-state index contributed by atoms with van der Waals surface area (Å²) in [6.45, 7) is 2.55. The molecule has 0 aromatic carbocycles. The lowest BCUT2D eigenvalue weighted by molar-refractivity contribution is -0.0321. The second-order valence-corrected chi connectivity index (χ2v) is 5.03. The Morgan fingerprint density at radius 1 is 1.41 bits per heavy atom. The first-order valence-corrected chi connectivity index (χ1v) is 7.33. The zero-order valence-electron chi connectivity index (χ0n) is 12.3. The lowest BCUT2D eigenvalue weighted by atomic mass is 10.1. The van der Waals surface area contributed by atoms with Gasteiger partial charge in [-0.3, -0.25) is 4.79 Å². The Morgan fingerprint density at radius 2 is 2.18 bits per heavy atom. The zero-order chi connectivity index (χ0) is 15.8. The predicted molar refractivity (Wildman–Crippen MR) is 77.9 cm³/mol. The number of nitrogens with zero attached hydrogens (tertiary/aromatic N) is 1. The molecule has 2 N–H and O–H groups in total. The Kier molecular flexibility index (Phi) is 6.29. The number of amides is 1. The van der Waals surface area contributed by atoms with E-state index in [2.05, 4.69) is 10.3 Å².